The Morgan fingerprint density at radius 3 is 2.50 bits per heavy atom. The lowest BCUT2D eigenvalue weighted by Crippen LogP contribution is -2.33. The van der Waals surface area contributed by atoms with Gasteiger partial charge in [-0.3, -0.25) is 20.4 Å². The van der Waals surface area contributed by atoms with Crippen molar-refractivity contribution >= 4 is 38.3 Å². The van der Waals surface area contributed by atoms with Crippen molar-refractivity contribution in [2.45, 2.75) is 38.5 Å². The summed E-state index contributed by atoms with van der Waals surface area (Å²) >= 11 is 0. The molecular formula is C24H28FN5O3S. The summed E-state index contributed by atoms with van der Waals surface area (Å²) in [4.78, 5) is 8.87. The molecule has 3 aromatic rings. The Morgan fingerprint density at radius 1 is 1.15 bits per heavy atom. The highest BCUT2D eigenvalue weighted by Gasteiger charge is 2.29. The van der Waals surface area contributed by atoms with Crippen LogP contribution in [-0.4, -0.2) is 24.4 Å². The van der Waals surface area contributed by atoms with E-state index in [1.807, 2.05) is 13.0 Å². The van der Waals surface area contributed by atoms with Crippen molar-refractivity contribution in [3.8, 4) is 0 Å². The molecule has 1 heterocycles. The van der Waals surface area contributed by atoms with Crippen molar-refractivity contribution in [3.63, 3.8) is 0 Å². The van der Waals surface area contributed by atoms with E-state index < -0.39 is 10.2 Å². The van der Waals surface area contributed by atoms with Gasteiger partial charge in [-0.2, -0.15) is 8.42 Å². The van der Waals surface area contributed by atoms with Crippen molar-refractivity contribution in [1.82, 2.24) is 10.5 Å². The molecule has 0 spiro atoms. The summed E-state index contributed by atoms with van der Waals surface area (Å²) in [6.45, 7) is 2.03. The van der Waals surface area contributed by atoms with E-state index in [1.54, 1.807) is 42.6 Å². The van der Waals surface area contributed by atoms with Gasteiger partial charge in [0, 0.05) is 23.2 Å². The first kappa shape index (κ1) is 24.1. The lowest BCUT2D eigenvalue weighted by Gasteiger charge is -2.33. The summed E-state index contributed by atoms with van der Waals surface area (Å²) in [5.41, 5.74) is 5.08. The number of anilines is 1. The molecule has 2 aromatic carbocycles. The molecule has 1 aromatic heterocycles. The number of nitrogens with one attached hydrogen (secondary N) is 2. The minimum Gasteiger partial charge on any atom is -0.290 e. The predicted octanol–water partition coefficient (Wildman–Crippen LogP) is 4.61. The molecule has 34 heavy (non-hydrogen) atoms. The van der Waals surface area contributed by atoms with Gasteiger partial charge in [-0.05, 0) is 91.6 Å². The second-order valence-electron chi connectivity index (χ2n) is 8.76. The summed E-state index contributed by atoms with van der Waals surface area (Å²) in [6.07, 6.45) is 5.59. The van der Waals surface area contributed by atoms with Gasteiger partial charge >= 0.3 is 0 Å². The Bertz CT molecular complexity index is 1290. The van der Waals surface area contributed by atoms with E-state index in [1.165, 1.54) is 6.07 Å². The number of hydroxylamine groups is 1. The first-order valence-electron chi connectivity index (χ1n) is 11.2. The van der Waals surface area contributed by atoms with Crippen LogP contribution >= 0.6 is 0 Å². The second kappa shape index (κ2) is 10.0. The van der Waals surface area contributed by atoms with E-state index in [0.29, 0.717) is 29.0 Å². The standard InChI is InChI=1S/C24H28FN5O3S/c1-15(24(29-31)28-19-7-9-20(10-8-19)30-34(26,32)33)16-2-4-17(5-3-16)21-12-13-27-23-11-6-18(25)14-22(21)23/h6-17,30-31H,2-5H2,1H3,(H,28,29)(H2,26,32,33)/t15-,16?,17?/m0/s1. The van der Waals surface area contributed by atoms with Gasteiger partial charge in [-0.15, -0.1) is 0 Å². The van der Waals surface area contributed by atoms with Crippen molar-refractivity contribution < 1.29 is 18.0 Å². The number of hydrogen-bond donors (Lipinski definition) is 4. The van der Waals surface area contributed by atoms with Crippen LogP contribution in [0.5, 0.6) is 0 Å². The van der Waals surface area contributed by atoms with E-state index in [4.69, 9.17) is 5.14 Å². The molecule has 0 amide bonds. The normalized spacial score (nSPS) is 20.2. The lowest BCUT2D eigenvalue weighted by molar-refractivity contribution is 0.213. The maximum absolute atomic E-state index is 13.8. The van der Waals surface area contributed by atoms with Crippen LogP contribution in [-0.2, 0) is 10.2 Å². The van der Waals surface area contributed by atoms with Gasteiger partial charge in [0.05, 0.1) is 11.2 Å². The molecule has 8 nitrogen and oxygen atoms in total. The molecule has 180 valence electrons. The third kappa shape index (κ3) is 5.69. The predicted molar refractivity (Wildman–Crippen MR) is 131 cm³/mol. The highest BCUT2D eigenvalue weighted by Crippen LogP contribution is 2.41. The maximum atomic E-state index is 13.8. The van der Waals surface area contributed by atoms with E-state index in [-0.39, 0.29) is 11.7 Å². The van der Waals surface area contributed by atoms with E-state index in [9.17, 15) is 18.0 Å². The molecule has 1 atom stereocenters. The van der Waals surface area contributed by atoms with E-state index in [0.717, 1.165) is 42.1 Å². The molecule has 1 saturated carbocycles. The third-order valence-electron chi connectivity index (χ3n) is 6.58. The SMILES string of the molecule is C[C@H](C(=Nc1ccc(NS(N)(=O)=O)cc1)NO)C1CCC(c2ccnc3ccc(F)cc23)CC1. The van der Waals surface area contributed by atoms with Crippen molar-refractivity contribution in [2.75, 3.05) is 4.72 Å². The fourth-order valence-electron chi connectivity index (χ4n) is 4.79. The molecule has 0 bridgehead atoms. The summed E-state index contributed by atoms with van der Waals surface area (Å²) in [5.74, 6) is 0.833. The van der Waals surface area contributed by atoms with Crippen LogP contribution in [0, 0.1) is 17.7 Å². The molecule has 5 N–H and O–H groups in total. The fraction of sp³-hybridized carbons (Fsp3) is 0.333. The minimum atomic E-state index is -3.85. The first-order chi connectivity index (χ1) is 16.2. The number of benzene rings is 2. The minimum absolute atomic E-state index is 0.0141. The molecule has 0 unspecified atom stereocenters. The third-order valence-corrected chi connectivity index (χ3v) is 7.10. The van der Waals surface area contributed by atoms with Gasteiger partial charge in [0.2, 0.25) is 0 Å². The van der Waals surface area contributed by atoms with E-state index >= 15 is 0 Å². The number of rotatable bonds is 6. The largest absolute Gasteiger partial charge is 0.296 e. The molecule has 1 aliphatic carbocycles. The zero-order valence-corrected chi connectivity index (χ0v) is 19.6. The van der Waals surface area contributed by atoms with Crippen LogP contribution in [0.15, 0.2) is 59.7 Å². The van der Waals surface area contributed by atoms with Crippen LogP contribution in [0.1, 0.15) is 44.1 Å². The fourth-order valence-corrected chi connectivity index (χ4v) is 5.25. The number of fused-ring (bicyclic) bond motifs is 1. The Hall–Kier alpha value is -3.08. The Labute approximate surface area is 198 Å². The summed E-state index contributed by atoms with van der Waals surface area (Å²) < 4.78 is 38.3. The van der Waals surface area contributed by atoms with E-state index in [2.05, 4.69) is 20.2 Å². The number of aromatic nitrogens is 1. The van der Waals surface area contributed by atoms with Gasteiger partial charge < -0.3 is 0 Å². The first-order valence-corrected chi connectivity index (χ1v) is 12.7. The average Bonchev–Trinajstić information content (AvgIpc) is 2.82. The molecule has 0 aliphatic heterocycles. The smallest absolute Gasteiger partial charge is 0.290 e. The Kier molecular flexibility index (Phi) is 7.11. The molecule has 1 fully saturated rings. The van der Waals surface area contributed by atoms with Gasteiger partial charge in [-0.1, -0.05) is 6.92 Å². The maximum Gasteiger partial charge on any atom is 0.296 e. The average molecular weight is 486 g/mol. The summed E-state index contributed by atoms with van der Waals surface area (Å²) in [6, 6.07) is 13.1. The van der Waals surface area contributed by atoms with Crippen LogP contribution in [0.3, 0.4) is 0 Å². The molecule has 10 heteroatoms. The van der Waals surface area contributed by atoms with Gasteiger partial charge in [0.15, 0.2) is 0 Å². The van der Waals surface area contributed by atoms with Crippen LogP contribution in [0.4, 0.5) is 15.8 Å². The van der Waals surface area contributed by atoms with Crippen molar-refractivity contribution in [3.05, 3.63) is 66.1 Å². The highest BCUT2D eigenvalue weighted by atomic mass is 32.2. The zero-order valence-electron chi connectivity index (χ0n) is 18.8. The van der Waals surface area contributed by atoms with Crippen LogP contribution in [0.2, 0.25) is 0 Å². The second-order valence-corrected chi connectivity index (χ2v) is 10.1. The Morgan fingerprint density at radius 2 is 1.85 bits per heavy atom. The van der Waals surface area contributed by atoms with Gasteiger partial charge in [-0.25, -0.2) is 14.5 Å². The van der Waals surface area contributed by atoms with Gasteiger partial charge in [0.25, 0.3) is 10.2 Å². The lowest BCUT2D eigenvalue weighted by atomic mass is 9.73. The number of pyridine rings is 1. The van der Waals surface area contributed by atoms with Crippen molar-refractivity contribution in [2.24, 2.45) is 22.0 Å². The summed E-state index contributed by atoms with van der Waals surface area (Å²) in [7, 11) is -3.85. The topological polar surface area (TPSA) is 130 Å². The highest BCUT2D eigenvalue weighted by molar-refractivity contribution is 7.90. The molecule has 4 rings (SSSR count). The number of nitrogens with two attached hydrogens (primary N) is 1. The molecule has 0 radical (unpaired) electrons. The van der Waals surface area contributed by atoms with Crippen molar-refractivity contribution in [1.29, 1.82) is 0 Å². The number of hydrogen-bond acceptors (Lipinski definition) is 5. The summed E-state index contributed by atoms with van der Waals surface area (Å²) in [5, 5.41) is 15.6. The number of halogens is 1. The van der Waals surface area contributed by atoms with Gasteiger partial charge in [0.1, 0.15) is 11.7 Å². The molecule has 1 aliphatic rings. The Balaban J connectivity index is 1.44. The van der Waals surface area contributed by atoms with Crippen LogP contribution < -0.4 is 15.3 Å². The number of amidine groups is 1. The quantitative estimate of drug-likeness (QED) is 0.230. The number of aliphatic imine (C=N–C) groups is 1. The monoisotopic (exact) mass is 485 g/mol. The molecule has 0 saturated heterocycles. The molecular weight excluding hydrogens is 457 g/mol. The zero-order chi connectivity index (χ0) is 24.3. The number of nitrogens with zero attached hydrogens (tertiary/aromatic N) is 2. The van der Waals surface area contributed by atoms with Crippen LogP contribution in [0.25, 0.3) is 10.9 Å².